The second kappa shape index (κ2) is 10.6. The highest BCUT2D eigenvalue weighted by Gasteiger charge is 2.13. The van der Waals surface area contributed by atoms with Crippen LogP contribution in [0.25, 0.3) is 0 Å². The molecule has 4 heteroatoms. The van der Waals surface area contributed by atoms with E-state index in [4.69, 9.17) is 0 Å². The van der Waals surface area contributed by atoms with Crippen LogP contribution in [0.1, 0.15) is 41.0 Å². The maximum absolute atomic E-state index is 9.55. The van der Waals surface area contributed by atoms with E-state index in [9.17, 15) is 10.2 Å². The summed E-state index contributed by atoms with van der Waals surface area (Å²) < 4.78 is 0. The summed E-state index contributed by atoms with van der Waals surface area (Å²) in [5, 5.41) is 19.1. The summed E-state index contributed by atoms with van der Waals surface area (Å²) in [6.07, 6.45) is 0.546. The van der Waals surface area contributed by atoms with Gasteiger partial charge in [0.25, 0.3) is 0 Å². The average molecular weight is 274 g/mol. The van der Waals surface area contributed by atoms with Crippen LogP contribution in [0.4, 0.5) is 0 Å². The van der Waals surface area contributed by atoms with E-state index in [0.29, 0.717) is 5.92 Å². The molecule has 0 fully saturated rings. The van der Waals surface area contributed by atoms with Gasteiger partial charge in [0.15, 0.2) is 0 Å². The molecule has 0 aromatic carbocycles. The number of rotatable bonds is 11. The molecule has 0 aromatic heterocycles. The van der Waals surface area contributed by atoms with Crippen LogP contribution in [-0.2, 0) is 0 Å². The molecule has 2 N–H and O–H groups in total. The molecule has 0 spiro atoms. The molecule has 116 valence electrons. The summed E-state index contributed by atoms with van der Waals surface area (Å²) in [7, 11) is 0. The standard InChI is InChI=1S/C15H34N2O2/c1-6-7-16(11-14(4)18)8-9-17(10-13(2)3)12-15(5)19/h13-15,18-19H,6-12H2,1-5H3. The van der Waals surface area contributed by atoms with Gasteiger partial charge in [-0.25, -0.2) is 0 Å². The van der Waals surface area contributed by atoms with Gasteiger partial charge in [-0.15, -0.1) is 0 Å². The summed E-state index contributed by atoms with van der Waals surface area (Å²) in [6.45, 7) is 15.7. The molecular weight excluding hydrogens is 240 g/mol. The molecule has 0 amide bonds. The highest BCUT2D eigenvalue weighted by Crippen LogP contribution is 2.02. The summed E-state index contributed by atoms with van der Waals surface area (Å²) >= 11 is 0. The number of hydrogen-bond donors (Lipinski definition) is 2. The van der Waals surface area contributed by atoms with Gasteiger partial charge < -0.3 is 10.2 Å². The first-order valence-corrected chi connectivity index (χ1v) is 7.66. The van der Waals surface area contributed by atoms with E-state index in [-0.39, 0.29) is 12.2 Å². The van der Waals surface area contributed by atoms with Crippen LogP contribution in [0.15, 0.2) is 0 Å². The van der Waals surface area contributed by atoms with Crippen molar-refractivity contribution in [1.29, 1.82) is 0 Å². The van der Waals surface area contributed by atoms with Crippen molar-refractivity contribution in [3.63, 3.8) is 0 Å². The third kappa shape index (κ3) is 11.4. The number of nitrogens with zero attached hydrogens (tertiary/aromatic N) is 2. The lowest BCUT2D eigenvalue weighted by molar-refractivity contribution is 0.0912. The normalized spacial score (nSPS) is 15.5. The van der Waals surface area contributed by atoms with Crippen molar-refractivity contribution in [1.82, 2.24) is 9.80 Å². The van der Waals surface area contributed by atoms with E-state index < -0.39 is 0 Å². The van der Waals surface area contributed by atoms with Gasteiger partial charge in [0.2, 0.25) is 0 Å². The van der Waals surface area contributed by atoms with Gasteiger partial charge in [0.05, 0.1) is 12.2 Å². The monoisotopic (exact) mass is 274 g/mol. The Morgan fingerprint density at radius 3 is 1.63 bits per heavy atom. The lowest BCUT2D eigenvalue weighted by Gasteiger charge is -2.30. The molecule has 0 aliphatic carbocycles. The van der Waals surface area contributed by atoms with Crippen molar-refractivity contribution in [2.45, 2.75) is 53.2 Å². The number of hydrogen-bond acceptors (Lipinski definition) is 4. The van der Waals surface area contributed by atoms with E-state index in [1.54, 1.807) is 0 Å². The SMILES string of the molecule is CCCN(CCN(CC(C)C)CC(C)O)CC(C)O. The predicted octanol–water partition coefficient (Wildman–Crippen LogP) is 1.42. The van der Waals surface area contributed by atoms with Gasteiger partial charge in [-0.2, -0.15) is 0 Å². The second-order valence-electron chi connectivity index (χ2n) is 6.15. The Kier molecular flexibility index (Phi) is 10.5. The van der Waals surface area contributed by atoms with Gasteiger partial charge in [-0.3, -0.25) is 9.80 Å². The molecule has 19 heavy (non-hydrogen) atoms. The van der Waals surface area contributed by atoms with Crippen LogP contribution in [0.5, 0.6) is 0 Å². The third-order valence-corrected chi connectivity index (χ3v) is 2.94. The van der Waals surface area contributed by atoms with E-state index in [1.165, 1.54) is 0 Å². The molecular formula is C15H34N2O2. The molecule has 0 saturated carbocycles. The van der Waals surface area contributed by atoms with Crippen molar-refractivity contribution < 1.29 is 10.2 Å². The molecule has 0 saturated heterocycles. The van der Waals surface area contributed by atoms with Crippen molar-refractivity contribution in [3.8, 4) is 0 Å². The van der Waals surface area contributed by atoms with E-state index in [1.807, 2.05) is 13.8 Å². The smallest absolute Gasteiger partial charge is 0.0639 e. The lowest BCUT2D eigenvalue weighted by atomic mass is 10.2. The fourth-order valence-electron chi connectivity index (χ4n) is 2.41. The fourth-order valence-corrected chi connectivity index (χ4v) is 2.41. The van der Waals surface area contributed by atoms with Crippen molar-refractivity contribution in [3.05, 3.63) is 0 Å². The molecule has 0 heterocycles. The number of aliphatic hydroxyl groups is 2. The minimum absolute atomic E-state index is 0.276. The van der Waals surface area contributed by atoms with E-state index in [0.717, 1.165) is 45.7 Å². The first-order valence-electron chi connectivity index (χ1n) is 7.66. The van der Waals surface area contributed by atoms with Crippen LogP contribution in [0.2, 0.25) is 0 Å². The minimum atomic E-state index is -0.282. The van der Waals surface area contributed by atoms with Crippen molar-refractivity contribution in [2.24, 2.45) is 5.92 Å². The van der Waals surface area contributed by atoms with Crippen LogP contribution >= 0.6 is 0 Å². The minimum Gasteiger partial charge on any atom is -0.392 e. The predicted molar refractivity (Wildman–Crippen MR) is 81.4 cm³/mol. The Balaban J connectivity index is 4.22. The van der Waals surface area contributed by atoms with Crippen LogP contribution in [0, 0.1) is 5.92 Å². The molecule has 2 unspecified atom stereocenters. The fraction of sp³-hybridized carbons (Fsp3) is 1.00. The topological polar surface area (TPSA) is 46.9 Å². The summed E-state index contributed by atoms with van der Waals surface area (Å²) in [6, 6.07) is 0. The van der Waals surface area contributed by atoms with Gasteiger partial charge >= 0.3 is 0 Å². The third-order valence-electron chi connectivity index (χ3n) is 2.94. The second-order valence-corrected chi connectivity index (χ2v) is 6.15. The zero-order valence-corrected chi connectivity index (χ0v) is 13.5. The zero-order chi connectivity index (χ0) is 14.8. The lowest BCUT2D eigenvalue weighted by Crippen LogP contribution is -2.42. The summed E-state index contributed by atoms with van der Waals surface area (Å²) in [4.78, 5) is 4.63. The van der Waals surface area contributed by atoms with Gasteiger partial charge in [-0.05, 0) is 32.7 Å². The molecule has 0 aliphatic heterocycles. The summed E-state index contributed by atoms with van der Waals surface area (Å²) in [5.41, 5.74) is 0. The van der Waals surface area contributed by atoms with E-state index >= 15 is 0 Å². The zero-order valence-electron chi connectivity index (χ0n) is 13.5. The molecule has 2 atom stereocenters. The van der Waals surface area contributed by atoms with Crippen molar-refractivity contribution >= 4 is 0 Å². The van der Waals surface area contributed by atoms with Gasteiger partial charge in [-0.1, -0.05) is 20.8 Å². The maximum Gasteiger partial charge on any atom is 0.0639 e. The summed E-state index contributed by atoms with van der Waals surface area (Å²) in [5.74, 6) is 0.607. The Bertz CT molecular complexity index is 198. The van der Waals surface area contributed by atoms with Gasteiger partial charge in [0.1, 0.15) is 0 Å². The molecule has 0 rings (SSSR count). The van der Waals surface area contributed by atoms with Gasteiger partial charge in [0, 0.05) is 32.7 Å². The van der Waals surface area contributed by atoms with Crippen LogP contribution < -0.4 is 0 Å². The van der Waals surface area contributed by atoms with Crippen LogP contribution in [0.3, 0.4) is 0 Å². The largest absolute Gasteiger partial charge is 0.392 e. The average Bonchev–Trinajstić information content (AvgIpc) is 2.23. The van der Waals surface area contributed by atoms with E-state index in [2.05, 4.69) is 30.6 Å². The Labute approximate surface area is 119 Å². The Hall–Kier alpha value is -0.160. The highest BCUT2D eigenvalue weighted by atomic mass is 16.3. The quantitative estimate of drug-likeness (QED) is 0.598. The Morgan fingerprint density at radius 2 is 1.21 bits per heavy atom. The number of aliphatic hydroxyl groups excluding tert-OH is 2. The molecule has 4 nitrogen and oxygen atoms in total. The maximum atomic E-state index is 9.55. The highest BCUT2D eigenvalue weighted by molar-refractivity contribution is 4.68. The first kappa shape index (κ1) is 18.8. The molecule has 0 radical (unpaired) electrons. The first-order chi connectivity index (χ1) is 8.85. The molecule has 0 aliphatic rings. The molecule has 0 bridgehead atoms. The van der Waals surface area contributed by atoms with Crippen molar-refractivity contribution in [2.75, 3.05) is 39.3 Å². The Morgan fingerprint density at radius 1 is 0.737 bits per heavy atom. The van der Waals surface area contributed by atoms with Crippen LogP contribution in [-0.4, -0.2) is 71.5 Å². The molecule has 0 aromatic rings.